The summed E-state index contributed by atoms with van der Waals surface area (Å²) < 4.78 is 0. The minimum Gasteiger partial charge on any atom is -0.481 e. The van der Waals surface area contributed by atoms with Gasteiger partial charge in [0.25, 0.3) is 0 Å². The predicted octanol–water partition coefficient (Wildman–Crippen LogP) is 2.81. The van der Waals surface area contributed by atoms with E-state index < -0.39 is 5.97 Å². The van der Waals surface area contributed by atoms with Crippen molar-refractivity contribution in [2.45, 2.75) is 84.2 Å². The highest BCUT2D eigenvalue weighted by molar-refractivity contribution is 5.76. The summed E-state index contributed by atoms with van der Waals surface area (Å²) in [7, 11) is 1.67. The number of aliphatic hydroxyl groups is 2. The zero-order chi connectivity index (χ0) is 18.8. The monoisotopic (exact) mass is 347 g/mol. The van der Waals surface area contributed by atoms with Crippen molar-refractivity contribution >= 4 is 11.9 Å². The van der Waals surface area contributed by atoms with Gasteiger partial charge in [0.15, 0.2) is 0 Å². The van der Waals surface area contributed by atoms with E-state index >= 15 is 0 Å². The lowest BCUT2D eigenvalue weighted by molar-refractivity contribution is -0.138. The molecule has 0 fully saturated rings. The van der Waals surface area contributed by atoms with Crippen molar-refractivity contribution in [1.82, 2.24) is 4.90 Å². The molecular weight excluding hydrogens is 310 g/mol. The lowest BCUT2D eigenvalue weighted by Crippen LogP contribution is -2.28. The van der Waals surface area contributed by atoms with Crippen molar-refractivity contribution in [3.63, 3.8) is 0 Å². The van der Waals surface area contributed by atoms with Crippen LogP contribution in [0.15, 0.2) is 0 Å². The lowest BCUT2D eigenvalue weighted by atomic mass is 10.1. The van der Waals surface area contributed by atoms with Gasteiger partial charge in [-0.2, -0.15) is 0 Å². The maximum Gasteiger partial charge on any atom is 0.305 e. The Morgan fingerprint density at radius 1 is 1.00 bits per heavy atom. The average molecular weight is 347 g/mol. The first-order valence-electron chi connectivity index (χ1n) is 9.09. The van der Waals surface area contributed by atoms with Crippen molar-refractivity contribution < 1.29 is 24.9 Å². The number of unbranched alkanes of at least 4 members (excludes halogenated alkanes) is 6. The van der Waals surface area contributed by atoms with Crippen LogP contribution in [0.2, 0.25) is 0 Å². The number of rotatable bonds is 13. The number of hydrogen-bond donors (Lipinski definition) is 3. The van der Waals surface area contributed by atoms with E-state index in [2.05, 4.69) is 6.92 Å². The van der Waals surface area contributed by atoms with Crippen molar-refractivity contribution in [3.8, 4) is 0 Å². The van der Waals surface area contributed by atoms with E-state index in [1.165, 1.54) is 37.0 Å². The molecule has 6 nitrogen and oxygen atoms in total. The van der Waals surface area contributed by atoms with Gasteiger partial charge in [0.1, 0.15) is 0 Å². The molecule has 0 bridgehead atoms. The lowest BCUT2D eigenvalue weighted by Gasteiger charge is -2.15. The Kier molecular flexibility index (Phi) is 19.0. The number of carboxylic acid groups (broad SMARTS) is 1. The molecule has 144 valence electrons. The molecule has 0 heterocycles. The molecular formula is C18H37NO5. The fraction of sp³-hybridized carbons (Fsp3) is 0.889. The highest BCUT2D eigenvalue weighted by atomic mass is 16.4. The van der Waals surface area contributed by atoms with Crippen LogP contribution in [0, 0.1) is 0 Å². The Balaban J connectivity index is 0. The normalized spacial score (nSPS) is 11.4. The first-order chi connectivity index (χ1) is 11.3. The van der Waals surface area contributed by atoms with Crippen molar-refractivity contribution in [3.05, 3.63) is 0 Å². The van der Waals surface area contributed by atoms with Gasteiger partial charge in [-0.25, -0.2) is 0 Å². The molecule has 0 aliphatic rings. The number of nitrogens with zero attached hydrogens (tertiary/aromatic N) is 1. The number of amides is 1. The number of carboxylic acids is 1. The van der Waals surface area contributed by atoms with E-state index in [9.17, 15) is 9.59 Å². The number of aliphatic carboxylic acids is 1. The average Bonchev–Trinajstić information content (AvgIpc) is 2.51. The summed E-state index contributed by atoms with van der Waals surface area (Å²) in [5.74, 6) is -0.796. The van der Waals surface area contributed by atoms with Gasteiger partial charge in [-0.05, 0) is 19.8 Å². The zero-order valence-corrected chi connectivity index (χ0v) is 15.7. The molecule has 6 heteroatoms. The van der Waals surface area contributed by atoms with Crippen LogP contribution in [0.1, 0.15) is 78.1 Å². The van der Waals surface area contributed by atoms with E-state index in [-0.39, 0.29) is 25.0 Å². The molecule has 0 aromatic carbocycles. The second kappa shape index (κ2) is 18.2. The molecule has 1 atom stereocenters. The Hall–Kier alpha value is -1.14. The van der Waals surface area contributed by atoms with Crippen LogP contribution >= 0.6 is 0 Å². The van der Waals surface area contributed by atoms with Gasteiger partial charge in [-0.3, -0.25) is 9.59 Å². The van der Waals surface area contributed by atoms with Crippen molar-refractivity contribution in [2.24, 2.45) is 0 Å². The first-order valence-corrected chi connectivity index (χ1v) is 9.09. The quantitative estimate of drug-likeness (QED) is 0.445. The van der Waals surface area contributed by atoms with Crippen LogP contribution in [0.25, 0.3) is 0 Å². The first kappa shape index (κ1) is 25.1. The number of carbonyl (C=O) groups excluding carboxylic acids is 1. The molecule has 0 aromatic heterocycles. The fourth-order valence-corrected chi connectivity index (χ4v) is 2.00. The van der Waals surface area contributed by atoms with Crippen LogP contribution < -0.4 is 0 Å². The third kappa shape index (κ3) is 20.9. The SMILES string of the molecule is CC(O)CCO.CCCCCCCCCC(=O)N(C)CCC(=O)O. The molecule has 0 rings (SSSR count). The van der Waals surface area contributed by atoms with Gasteiger partial charge in [-0.15, -0.1) is 0 Å². The van der Waals surface area contributed by atoms with Gasteiger partial charge < -0.3 is 20.2 Å². The van der Waals surface area contributed by atoms with Crippen LogP contribution in [0.3, 0.4) is 0 Å². The minimum absolute atomic E-state index is 0.0270. The highest BCUT2D eigenvalue weighted by Gasteiger charge is 2.09. The predicted molar refractivity (Wildman–Crippen MR) is 95.9 cm³/mol. The molecule has 1 amide bonds. The summed E-state index contributed by atoms with van der Waals surface area (Å²) in [5.41, 5.74) is 0. The summed E-state index contributed by atoms with van der Waals surface area (Å²) in [6, 6.07) is 0. The molecule has 24 heavy (non-hydrogen) atoms. The maximum atomic E-state index is 11.6. The molecule has 0 spiro atoms. The van der Waals surface area contributed by atoms with Gasteiger partial charge in [0.2, 0.25) is 5.91 Å². The van der Waals surface area contributed by atoms with E-state index in [0.29, 0.717) is 19.4 Å². The van der Waals surface area contributed by atoms with Crippen molar-refractivity contribution in [2.75, 3.05) is 20.2 Å². The summed E-state index contributed by atoms with van der Waals surface area (Å²) in [4.78, 5) is 23.5. The zero-order valence-electron chi connectivity index (χ0n) is 15.7. The number of aliphatic hydroxyl groups excluding tert-OH is 2. The number of hydrogen-bond acceptors (Lipinski definition) is 4. The summed E-state index contributed by atoms with van der Waals surface area (Å²) in [6.45, 7) is 4.24. The maximum absolute atomic E-state index is 11.6. The molecule has 0 saturated carbocycles. The van der Waals surface area contributed by atoms with E-state index in [1.54, 1.807) is 14.0 Å². The van der Waals surface area contributed by atoms with Crippen molar-refractivity contribution in [1.29, 1.82) is 0 Å². The smallest absolute Gasteiger partial charge is 0.305 e. The Morgan fingerprint density at radius 3 is 1.96 bits per heavy atom. The Bertz CT molecular complexity index is 308. The Morgan fingerprint density at radius 2 is 1.54 bits per heavy atom. The molecule has 0 aromatic rings. The van der Waals surface area contributed by atoms with Gasteiger partial charge in [0, 0.05) is 26.6 Å². The van der Waals surface area contributed by atoms with Crippen LogP contribution in [0.4, 0.5) is 0 Å². The molecule has 1 unspecified atom stereocenters. The van der Waals surface area contributed by atoms with E-state index in [1.807, 2.05) is 0 Å². The van der Waals surface area contributed by atoms with Gasteiger partial charge in [-0.1, -0.05) is 45.4 Å². The Labute approximate surface area is 146 Å². The van der Waals surface area contributed by atoms with Crippen LogP contribution in [-0.2, 0) is 9.59 Å². The van der Waals surface area contributed by atoms with Crippen LogP contribution in [-0.4, -0.2) is 58.4 Å². The molecule has 0 aliphatic heterocycles. The minimum atomic E-state index is -0.856. The van der Waals surface area contributed by atoms with Gasteiger partial charge >= 0.3 is 5.97 Å². The fourth-order valence-electron chi connectivity index (χ4n) is 2.00. The van der Waals surface area contributed by atoms with E-state index in [4.69, 9.17) is 15.3 Å². The third-order valence-corrected chi connectivity index (χ3v) is 3.63. The topological polar surface area (TPSA) is 98.1 Å². The number of carbonyl (C=O) groups is 2. The second-order valence-corrected chi connectivity index (χ2v) is 6.19. The van der Waals surface area contributed by atoms with Crippen LogP contribution in [0.5, 0.6) is 0 Å². The summed E-state index contributed by atoms with van der Waals surface area (Å²) >= 11 is 0. The molecule has 0 saturated heterocycles. The molecule has 0 aliphatic carbocycles. The molecule has 0 radical (unpaired) electrons. The summed E-state index contributed by atoms with van der Waals surface area (Å²) in [5, 5.41) is 25.0. The third-order valence-electron chi connectivity index (χ3n) is 3.63. The van der Waals surface area contributed by atoms with Gasteiger partial charge in [0.05, 0.1) is 12.5 Å². The standard InChI is InChI=1S/C14H27NO3.C4H10O2/c1-3-4-5-6-7-8-9-10-13(16)15(2)12-11-14(17)18;1-4(6)2-3-5/h3-12H2,1-2H3,(H,17,18);4-6H,2-3H2,1H3. The second-order valence-electron chi connectivity index (χ2n) is 6.19. The largest absolute Gasteiger partial charge is 0.481 e. The molecule has 3 N–H and O–H groups in total. The summed E-state index contributed by atoms with van der Waals surface area (Å²) in [6.07, 6.45) is 9.04. The van der Waals surface area contributed by atoms with E-state index in [0.717, 1.165) is 12.8 Å². The highest BCUT2D eigenvalue weighted by Crippen LogP contribution is 2.09.